The normalized spacial score (nSPS) is 10.5. The van der Waals surface area contributed by atoms with Gasteiger partial charge < -0.3 is 5.11 Å². The number of imidazole rings is 2. The van der Waals surface area contributed by atoms with Crippen molar-refractivity contribution in [2.75, 3.05) is 0 Å². The lowest BCUT2D eigenvalue weighted by atomic mass is 10.3. The molecule has 4 rings (SSSR count). The summed E-state index contributed by atoms with van der Waals surface area (Å²) in [6, 6.07) is 0. The molecule has 1 N–H and O–H groups in total. The van der Waals surface area contributed by atoms with Gasteiger partial charge in [-0.05, 0) is 50.9 Å². The summed E-state index contributed by atoms with van der Waals surface area (Å²) in [5.41, 5.74) is 1.98. The van der Waals surface area contributed by atoms with Gasteiger partial charge in [0.25, 0.3) is 0 Å². The first-order valence-electron chi connectivity index (χ1n) is 9.40. The van der Waals surface area contributed by atoms with E-state index in [1.54, 1.807) is 41.6 Å². The van der Waals surface area contributed by atoms with E-state index in [-0.39, 0.29) is 16.3 Å². The molecule has 4 aromatic heterocycles. The standard InChI is InChI=1S/C10H9ClN4O2.C10H9ClN4O/c1-5-3-12-10(11)14-8(5)15-4-7(9(16)17)13-6(15)2;1-6-3-12-10(11)14-9(6)15-4-8(5-16)13-7(15)2/h3-4H,1-2H3,(H,16,17);3-5H,1-2H3. The number of aryl methyl sites for hydroxylation is 4. The SMILES string of the molecule is Cc1cnc(Cl)nc1-n1cc(C(=O)O)nc1C.Cc1cnc(Cl)nc1-n1cc(C=O)nc1C. The lowest BCUT2D eigenvalue weighted by Crippen LogP contribution is -2.02. The van der Waals surface area contributed by atoms with Crippen molar-refractivity contribution in [1.29, 1.82) is 0 Å². The summed E-state index contributed by atoms with van der Waals surface area (Å²) in [6.07, 6.45) is 6.92. The number of aromatic nitrogens is 8. The molecule has 170 valence electrons. The van der Waals surface area contributed by atoms with Crippen LogP contribution >= 0.6 is 23.2 Å². The van der Waals surface area contributed by atoms with E-state index < -0.39 is 5.97 Å². The molecule has 0 aliphatic rings. The van der Waals surface area contributed by atoms with Crippen molar-refractivity contribution in [1.82, 2.24) is 39.0 Å². The van der Waals surface area contributed by atoms with Gasteiger partial charge in [0.1, 0.15) is 29.0 Å². The fourth-order valence-corrected chi connectivity index (χ4v) is 3.13. The van der Waals surface area contributed by atoms with Gasteiger partial charge in [-0.3, -0.25) is 13.9 Å². The fourth-order valence-electron chi connectivity index (χ4n) is 2.87. The Morgan fingerprint density at radius 3 is 1.76 bits per heavy atom. The van der Waals surface area contributed by atoms with Gasteiger partial charge in [0.05, 0.1) is 0 Å². The summed E-state index contributed by atoms with van der Waals surface area (Å²) >= 11 is 11.5. The van der Waals surface area contributed by atoms with Crippen LogP contribution in [0.3, 0.4) is 0 Å². The highest BCUT2D eigenvalue weighted by Gasteiger charge is 2.14. The third kappa shape index (κ3) is 5.38. The molecule has 33 heavy (non-hydrogen) atoms. The molecule has 0 aliphatic carbocycles. The van der Waals surface area contributed by atoms with E-state index in [9.17, 15) is 9.59 Å². The van der Waals surface area contributed by atoms with Gasteiger partial charge in [0.2, 0.25) is 10.6 Å². The van der Waals surface area contributed by atoms with Crippen molar-refractivity contribution in [3.8, 4) is 11.6 Å². The average Bonchev–Trinajstić information content (AvgIpc) is 3.34. The zero-order valence-electron chi connectivity index (χ0n) is 18.0. The Hall–Kier alpha value is -3.70. The van der Waals surface area contributed by atoms with Crippen LogP contribution in [-0.4, -0.2) is 56.4 Å². The van der Waals surface area contributed by atoms with Gasteiger partial charge in [0, 0.05) is 35.9 Å². The maximum Gasteiger partial charge on any atom is 0.356 e. The lowest BCUT2D eigenvalue weighted by molar-refractivity contribution is 0.0690. The maximum absolute atomic E-state index is 10.8. The van der Waals surface area contributed by atoms with E-state index >= 15 is 0 Å². The molecule has 4 heterocycles. The molecule has 0 saturated heterocycles. The van der Waals surface area contributed by atoms with Crippen LogP contribution in [0, 0.1) is 27.7 Å². The third-order valence-corrected chi connectivity index (χ3v) is 4.77. The first kappa shape index (κ1) is 24.0. The van der Waals surface area contributed by atoms with Crippen LogP contribution in [-0.2, 0) is 0 Å². The highest BCUT2D eigenvalue weighted by molar-refractivity contribution is 6.28. The van der Waals surface area contributed by atoms with Crippen molar-refractivity contribution < 1.29 is 14.7 Å². The van der Waals surface area contributed by atoms with Gasteiger partial charge in [-0.25, -0.2) is 24.7 Å². The second kappa shape index (κ2) is 9.84. The monoisotopic (exact) mass is 488 g/mol. The van der Waals surface area contributed by atoms with Crippen LogP contribution in [0.2, 0.25) is 10.6 Å². The van der Waals surface area contributed by atoms with Gasteiger partial charge in [-0.1, -0.05) is 0 Å². The Kier molecular flexibility index (Phi) is 7.14. The molecule has 0 saturated carbocycles. The number of carboxylic acid groups (broad SMARTS) is 1. The maximum atomic E-state index is 10.8. The predicted octanol–water partition coefficient (Wildman–Crippen LogP) is 3.38. The van der Waals surface area contributed by atoms with Crippen LogP contribution in [0.15, 0.2) is 24.8 Å². The Balaban J connectivity index is 0.000000186. The first-order valence-corrected chi connectivity index (χ1v) is 10.2. The number of aldehydes is 1. The van der Waals surface area contributed by atoms with Crippen molar-refractivity contribution in [3.05, 3.63) is 69.5 Å². The minimum Gasteiger partial charge on any atom is -0.476 e. The Bertz CT molecular complexity index is 1350. The number of rotatable bonds is 4. The van der Waals surface area contributed by atoms with Gasteiger partial charge in [0.15, 0.2) is 12.0 Å². The quantitative estimate of drug-likeness (QED) is 0.337. The van der Waals surface area contributed by atoms with Crippen molar-refractivity contribution in [2.24, 2.45) is 0 Å². The van der Waals surface area contributed by atoms with E-state index in [1.807, 2.05) is 13.8 Å². The minimum atomic E-state index is -1.08. The van der Waals surface area contributed by atoms with Gasteiger partial charge >= 0.3 is 5.97 Å². The summed E-state index contributed by atoms with van der Waals surface area (Å²) in [4.78, 5) is 45.3. The number of halogens is 2. The molecule has 0 amide bonds. The third-order valence-electron chi connectivity index (χ3n) is 4.41. The summed E-state index contributed by atoms with van der Waals surface area (Å²) in [5.74, 6) is 1.30. The highest BCUT2D eigenvalue weighted by atomic mass is 35.5. The van der Waals surface area contributed by atoms with Crippen LogP contribution in [0.25, 0.3) is 11.6 Å². The van der Waals surface area contributed by atoms with Crippen LogP contribution in [0.4, 0.5) is 0 Å². The molecular weight excluding hydrogens is 471 g/mol. The van der Waals surface area contributed by atoms with Crippen LogP contribution in [0.1, 0.15) is 43.8 Å². The molecule has 0 bridgehead atoms. The van der Waals surface area contributed by atoms with Crippen LogP contribution in [0.5, 0.6) is 0 Å². The van der Waals surface area contributed by atoms with E-state index in [0.29, 0.717) is 35.3 Å². The van der Waals surface area contributed by atoms with E-state index in [1.165, 1.54) is 6.20 Å². The van der Waals surface area contributed by atoms with Crippen molar-refractivity contribution in [2.45, 2.75) is 27.7 Å². The number of carbonyl (C=O) groups is 2. The molecule has 0 unspecified atom stereocenters. The number of hydrogen-bond acceptors (Lipinski definition) is 8. The number of carboxylic acids is 1. The predicted molar refractivity (Wildman–Crippen MR) is 120 cm³/mol. The Morgan fingerprint density at radius 1 is 0.848 bits per heavy atom. The molecule has 0 radical (unpaired) electrons. The second-order valence-corrected chi connectivity index (χ2v) is 7.52. The highest BCUT2D eigenvalue weighted by Crippen LogP contribution is 2.16. The average molecular weight is 489 g/mol. The molecule has 0 spiro atoms. The van der Waals surface area contributed by atoms with E-state index in [2.05, 4.69) is 29.9 Å². The second-order valence-electron chi connectivity index (χ2n) is 6.84. The molecule has 0 aromatic carbocycles. The molecular formula is C20H18Cl2N8O3. The molecule has 4 aromatic rings. The summed E-state index contributed by atoms with van der Waals surface area (Å²) < 4.78 is 3.29. The molecule has 11 nitrogen and oxygen atoms in total. The first-order chi connectivity index (χ1) is 15.6. The fraction of sp³-hybridized carbons (Fsp3) is 0.200. The van der Waals surface area contributed by atoms with E-state index in [4.69, 9.17) is 28.3 Å². The number of hydrogen-bond donors (Lipinski definition) is 1. The van der Waals surface area contributed by atoms with Crippen molar-refractivity contribution >= 4 is 35.5 Å². The molecule has 0 fully saturated rings. The number of aromatic carboxylic acids is 1. The Labute approximate surface area is 198 Å². The summed E-state index contributed by atoms with van der Waals surface area (Å²) in [5, 5.41) is 9.13. The summed E-state index contributed by atoms with van der Waals surface area (Å²) in [6.45, 7) is 7.17. The molecule has 0 atom stereocenters. The summed E-state index contributed by atoms with van der Waals surface area (Å²) in [7, 11) is 0. The molecule has 0 aliphatic heterocycles. The smallest absolute Gasteiger partial charge is 0.356 e. The van der Waals surface area contributed by atoms with Gasteiger partial charge in [-0.15, -0.1) is 0 Å². The van der Waals surface area contributed by atoms with E-state index in [0.717, 1.165) is 11.1 Å². The van der Waals surface area contributed by atoms with Crippen LogP contribution < -0.4 is 0 Å². The zero-order chi connectivity index (χ0) is 24.3. The largest absolute Gasteiger partial charge is 0.476 e. The number of nitrogens with zero attached hydrogens (tertiary/aromatic N) is 8. The lowest BCUT2D eigenvalue weighted by Gasteiger charge is -2.06. The topological polar surface area (TPSA) is 142 Å². The zero-order valence-corrected chi connectivity index (χ0v) is 19.5. The minimum absolute atomic E-state index is 0.0309. The van der Waals surface area contributed by atoms with Crippen molar-refractivity contribution in [3.63, 3.8) is 0 Å². The molecule has 13 heteroatoms. The van der Waals surface area contributed by atoms with Gasteiger partial charge in [-0.2, -0.15) is 9.97 Å². The Morgan fingerprint density at radius 2 is 1.33 bits per heavy atom. The number of carbonyl (C=O) groups excluding carboxylic acids is 1.